The van der Waals surface area contributed by atoms with E-state index in [1.54, 1.807) is 0 Å². The highest BCUT2D eigenvalue weighted by Gasteiger charge is 2.35. The summed E-state index contributed by atoms with van der Waals surface area (Å²) in [5.41, 5.74) is 1.69. The molecule has 2 aromatic rings. The van der Waals surface area contributed by atoms with Crippen molar-refractivity contribution in [3.63, 3.8) is 0 Å². The predicted octanol–water partition coefficient (Wildman–Crippen LogP) is 5.83. The van der Waals surface area contributed by atoms with Gasteiger partial charge in [-0.3, -0.25) is 9.59 Å². The number of nitrogens with two attached hydrogens (primary N) is 1. The minimum absolute atomic E-state index is 0. The van der Waals surface area contributed by atoms with Crippen LogP contribution in [-0.2, 0) is 12.4 Å². The van der Waals surface area contributed by atoms with E-state index in [4.69, 9.17) is 5.73 Å². The summed E-state index contributed by atoms with van der Waals surface area (Å²) in [6.07, 6.45) is -9.60. The first-order valence-electron chi connectivity index (χ1n) is 7.78. The number of Topliss-reactive ketones (excluding diaryl/α,β-unsaturated/α-hetero) is 2. The zero-order valence-electron chi connectivity index (χ0n) is 15.1. The van der Waals surface area contributed by atoms with Crippen molar-refractivity contribution in [3.05, 3.63) is 70.3 Å². The van der Waals surface area contributed by atoms with Crippen molar-refractivity contribution >= 4 is 39.9 Å². The first-order valence-corrected chi connectivity index (χ1v) is 8.90. The molecule has 0 bridgehead atoms. The van der Waals surface area contributed by atoms with Crippen molar-refractivity contribution in [2.75, 3.05) is 11.9 Å². The number of rotatable bonds is 4. The summed E-state index contributed by atoms with van der Waals surface area (Å²) in [6.45, 7) is -0.414. The Kier molecular flexibility index (Phi) is 10.8. The van der Waals surface area contributed by atoms with E-state index in [0.29, 0.717) is 24.3 Å². The van der Waals surface area contributed by atoms with Gasteiger partial charge >= 0.3 is 12.4 Å². The summed E-state index contributed by atoms with van der Waals surface area (Å²) < 4.78 is 98.9. The van der Waals surface area contributed by atoms with Crippen molar-refractivity contribution < 1.29 is 44.7 Å². The Bertz CT molecular complexity index is 856. The normalized spacial score (nSPS) is 11.2. The molecule has 2 aromatic carbocycles. The third-order valence-corrected chi connectivity index (χ3v) is 4.00. The highest BCUT2D eigenvalue weighted by atomic mass is 79.9. The Morgan fingerprint density at radius 2 is 1.13 bits per heavy atom. The lowest BCUT2D eigenvalue weighted by Crippen LogP contribution is -2.16. The number of carbonyl (C=O) groups is 2. The molecular formula is C18H13BrClF8NO2. The second-order valence-electron chi connectivity index (χ2n) is 5.57. The van der Waals surface area contributed by atoms with Crippen molar-refractivity contribution in [2.24, 2.45) is 5.73 Å². The molecule has 0 aliphatic heterocycles. The van der Waals surface area contributed by atoms with Gasteiger partial charge in [-0.2, -0.15) is 26.3 Å². The van der Waals surface area contributed by atoms with Crippen molar-refractivity contribution in [2.45, 2.75) is 12.4 Å². The average molecular weight is 543 g/mol. The molecule has 0 atom stereocenters. The van der Waals surface area contributed by atoms with Gasteiger partial charge in [0, 0.05) is 11.1 Å². The van der Waals surface area contributed by atoms with Crippen LogP contribution < -0.4 is 5.73 Å². The summed E-state index contributed by atoms with van der Waals surface area (Å²) >= 11 is 2.82. The molecule has 0 radical (unpaired) electrons. The maximum atomic E-state index is 12.8. The molecule has 0 fully saturated rings. The number of ketones is 2. The van der Waals surface area contributed by atoms with Crippen LogP contribution in [0.3, 0.4) is 0 Å². The third-order valence-electron chi connectivity index (χ3n) is 3.49. The van der Waals surface area contributed by atoms with Gasteiger partial charge in [0.05, 0.1) is 23.0 Å². The topological polar surface area (TPSA) is 60.2 Å². The minimum Gasteiger partial charge on any atom is -0.324 e. The van der Waals surface area contributed by atoms with E-state index in [1.807, 2.05) is 0 Å². The molecule has 0 spiro atoms. The second kappa shape index (κ2) is 11.5. The molecule has 2 rings (SSSR count). The zero-order valence-corrected chi connectivity index (χ0v) is 17.5. The number of alkyl halides is 7. The highest BCUT2D eigenvalue weighted by molar-refractivity contribution is 9.09. The number of carbonyl (C=O) groups excluding carboxylic acids is 2. The molecule has 0 aliphatic carbocycles. The fourth-order valence-electron chi connectivity index (χ4n) is 2.03. The van der Waals surface area contributed by atoms with Gasteiger partial charge in [0.2, 0.25) is 0 Å². The van der Waals surface area contributed by atoms with Crippen LogP contribution in [0, 0.1) is 11.6 Å². The van der Waals surface area contributed by atoms with Crippen molar-refractivity contribution in [1.29, 1.82) is 0 Å². The molecular weight excluding hydrogens is 530 g/mol. The largest absolute Gasteiger partial charge is 0.419 e. The maximum absolute atomic E-state index is 12.8. The maximum Gasteiger partial charge on any atom is 0.419 e. The Morgan fingerprint density at radius 3 is 1.42 bits per heavy atom. The fourth-order valence-corrected chi connectivity index (χ4v) is 2.35. The van der Waals surface area contributed by atoms with Crippen LogP contribution in [0.2, 0.25) is 0 Å². The first-order chi connectivity index (χ1) is 13.7. The summed E-state index contributed by atoms with van der Waals surface area (Å²) in [6, 6.07) is 4.21. The number of halogens is 10. The lowest BCUT2D eigenvalue weighted by Gasteiger charge is -2.08. The fraction of sp³-hybridized carbons (Fsp3) is 0.222. The Hall–Kier alpha value is -2.05. The molecule has 3 nitrogen and oxygen atoms in total. The zero-order chi connectivity index (χ0) is 23.3. The van der Waals surface area contributed by atoms with E-state index in [9.17, 15) is 44.7 Å². The smallest absolute Gasteiger partial charge is 0.324 e. The van der Waals surface area contributed by atoms with Crippen LogP contribution in [-0.4, -0.2) is 23.4 Å². The predicted molar refractivity (Wildman–Crippen MR) is 102 cm³/mol. The third kappa shape index (κ3) is 8.19. The van der Waals surface area contributed by atoms with Gasteiger partial charge in [-0.05, 0) is 36.4 Å². The quantitative estimate of drug-likeness (QED) is 0.301. The molecule has 31 heavy (non-hydrogen) atoms. The molecule has 0 aliphatic rings. The summed E-state index contributed by atoms with van der Waals surface area (Å²) in [5.74, 6) is -3.98. The van der Waals surface area contributed by atoms with Crippen LogP contribution >= 0.6 is 28.3 Å². The standard InChI is InChI=1S/C9H5BrF4O.C9H7F4NO.ClH/c10-4-8(15)5-1-2-7(11)6(3-5)9(12,13)14;10-7-2-1-5(8(15)4-14)3-6(7)9(11,12)13;/h1-3H,4H2;1-3H,4,14H2;1H. The Balaban J connectivity index is 0.000000562. The van der Waals surface area contributed by atoms with Gasteiger partial charge in [-0.15, -0.1) is 12.4 Å². The molecule has 172 valence electrons. The van der Waals surface area contributed by atoms with Gasteiger partial charge in [0.15, 0.2) is 11.6 Å². The van der Waals surface area contributed by atoms with Crippen LogP contribution in [0.1, 0.15) is 31.8 Å². The van der Waals surface area contributed by atoms with Crippen LogP contribution in [0.5, 0.6) is 0 Å². The highest BCUT2D eigenvalue weighted by Crippen LogP contribution is 2.32. The Labute approximate surface area is 185 Å². The molecule has 0 amide bonds. The minimum atomic E-state index is -4.81. The lowest BCUT2D eigenvalue weighted by molar-refractivity contribution is -0.140. The molecule has 0 heterocycles. The van der Waals surface area contributed by atoms with Crippen LogP contribution in [0.25, 0.3) is 0 Å². The Morgan fingerprint density at radius 1 is 0.774 bits per heavy atom. The van der Waals surface area contributed by atoms with Gasteiger partial charge in [0.25, 0.3) is 0 Å². The van der Waals surface area contributed by atoms with E-state index in [2.05, 4.69) is 15.9 Å². The molecule has 0 unspecified atom stereocenters. The summed E-state index contributed by atoms with van der Waals surface area (Å²) in [7, 11) is 0. The van der Waals surface area contributed by atoms with Gasteiger partial charge in [-0.1, -0.05) is 15.9 Å². The van der Waals surface area contributed by atoms with E-state index < -0.39 is 53.2 Å². The van der Waals surface area contributed by atoms with Crippen molar-refractivity contribution in [1.82, 2.24) is 0 Å². The van der Waals surface area contributed by atoms with E-state index in [-0.39, 0.29) is 28.9 Å². The summed E-state index contributed by atoms with van der Waals surface area (Å²) in [5, 5.41) is -0.101. The molecule has 2 N–H and O–H groups in total. The SMILES string of the molecule is Cl.NCC(=O)c1ccc(F)c(C(F)(F)F)c1.O=C(CBr)c1ccc(F)c(C(F)(F)F)c1. The first kappa shape index (κ1) is 28.9. The number of hydrogen-bond acceptors (Lipinski definition) is 3. The summed E-state index contributed by atoms with van der Waals surface area (Å²) in [4.78, 5) is 22.1. The lowest BCUT2D eigenvalue weighted by atomic mass is 10.1. The van der Waals surface area contributed by atoms with E-state index in [1.165, 1.54) is 0 Å². The van der Waals surface area contributed by atoms with E-state index in [0.717, 1.165) is 12.1 Å². The second-order valence-corrected chi connectivity index (χ2v) is 6.13. The number of benzene rings is 2. The van der Waals surface area contributed by atoms with Gasteiger partial charge in [-0.25, -0.2) is 8.78 Å². The van der Waals surface area contributed by atoms with Gasteiger partial charge in [0.1, 0.15) is 11.6 Å². The monoisotopic (exact) mass is 541 g/mol. The molecule has 13 heteroatoms. The average Bonchev–Trinajstić information content (AvgIpc) is 2.66. The molecule has 0 saturated carbocycles. The van der Waals surface area contributed by atoms with E-state index >= 15 is 0 Å². The van der Waals surface area contributed by atoms with Gasteiger partial charge < -0.3 is 5.73 Å². The van der Waals surface area contributed by atoms with Crippen molar-refractivity contribution in [3.8, 4) is 0 Å². The van der Waals surface area contributed by atoms with Crippen LogP contribution in [0.15, 0.2) is 36.4 Å². The molecule has 0 aromatic heterocycles. The number of hydrogen-bond donors (Lipinski definition) is 1. The van der Waals surface area contributed by atoms with Crippen LogP contribution in [0.4, 0.5) is 35.1 Å². The molecule has 0 saturated heterocycles.